The van der Waals surface area contributed by atoms with E-state index in [0.29, 0.717) is 0 Å². The van der Waals surface area contributed by atoms with Gasteiger partial charge in [-0.3, -0.25) is 0 Å². The van der Waals surface area contributed by atoms with Crippen molar-refractivity contribution in [2.24, 2.45) is 0 Å². The van der Waals surface area contributed by atoms with E-state index in [1.54, 1.807) is 0 Å². The lowest BCUT2D eigenvalue weighted by molar-refractivity contribution is 0.584. The predicted molar refractivity (Wildman–Crippen MR) is 167 cm³/mol. The Labute approximate surface area is 237 Å². The second kappa shape index (κ2) is 7.95. The molecule has 4 aromatic carbocycles. The molecule has 0 radical (unpaired) electrons. The second-order valence-electron chi connectivity index (χ2n) is 14.5. The van der Waals surface area contributed by atoms with E-state index < -0.39 is 0 Å². The summed E-state index contributed by atoms with van der Waals surface area (Å²) in [6.45, 7) is 20.9. The highest BCUT2D eigenvalue weighted by Crippen LogP contribution is 2.64. The highest BCUT2D eigenvalue weighted by molar-refractivity contribution is 9.10. The van der Waals surface area contributed by atoms with E-state index >= 15 is 0 Å². The first-order valence-electron chi connectivity index (χ1n) is 13.9. The smallest absolute Gasteiger partial charge is 0.0579 e. The first-order chi connectivity index (χ1) is 17.6. The Balaban J connectivity index is 1.83. The first-order valence-corrected chi connectivity index (χ1v) is 14.7. The lowest BCUT2D eigenvalue weighted by atomic mass is 9.68. The number of halogens is 1. The minimum absolute atomic E-state index is 0.0658. The van der Waals surface area contributed by atoms with Gasteiger partial charge in [0.2, 0.25) is 0 Å². The molecule has 4 aromatic rings. The molecule has 0 saturated carbocycles. The van der Waals surface area contributed by atoms with Gasteiger partial charge in [0.1, 0.15) is 0 Å². The first kappa shape index (κ1) is 25.6. The second-order valence-corrected chi connectivity index (χ2v) is 15.4. The van der Waals surface area contributed by atoms with Crippen molar-refractivity contribution in [2.75, 3.05) is 0 Å². The van der Waals surface area contributed by atoms with E-state index in [1.165, 1.54) is 61.2 Å². The van der Waals surface area contributed by atoms with Crippen LogP contribution in [0.15, 0.2) is 77.3 Å². The van der Waals surface area contributed by atoms with Crippen molar-refractivity contribution in [2.45, 2.75) is 84.0 Å². The zero-order chi connectivity index (χ0) is 27.4. The zero-order valence-electron chi connectivity index (χ0n) is 24.3. The fraction of sp³-hybridized carbons (Fsp3) is 0.351. The molecule has 0 nitrogen and oxygen atoms in total. The van der Waals surface area contributed by atoms with Crippen LogP contribution in [0.2, 0.25) is 0 Å². The van der Waals surface area contributed by atoms with Crippen LogP contribution in [0, 0.1) is 0 Å². The fourth-order valence-corrected chi connectivity index (χ4v) is 6.96. The van der Waals surface area contributed by atoms with Crippen LogP contribution < -0.4 is 0 Å². The lowest BCUT2D eigenvalue weighted by Crippen LogP contribution is -2.28. The van der Waals surface area contributed by atoms with Gasteiger partial charge in [0.05, 0.1) is 5.41 Å². The molecule has 0 saturated heterocycles. The summed E-state index contributed by atoms with van der Waals surface area (Å²) >= 11 is 3.86. The van der Waals surface area contributed by atoms with Crippen LogP contribution in [0.3, 0.4) is 0 Å². The molecular formula is C37H39Br. The molecule has 6 rings (SSSR count). The van der Waals surface area contributed by atoms with Gasteiger partial charge in [-0.15, -0.1) is 0 Å². The van der Waals surface area contributed by atoms with Gasteiger partial charge in [-0.2, -0.15) is 0 Å². The maximum Gasteiger partial charge on any atom is 0.0726 e. The topological polar surface area (TPSA) is 0 Å². The van der Waals surface area contributed by atoms with Gasteiger partial charge < -0.3 is 0 Å². The van der Waals surface area contributed by atoms with Crippen molar-refractivity contribution in [3.8, 4) is 22.3 Å². The summed E-state index contributed by atoms with van der Waals surface area (Å²) in [6, 6.07) is 28.7. The van der Waals surface area contributed by atoms with Gasteiger partial charge >= 0.3 is 0 Å². The van der Waals surface area contributed by atoms with E-state index in [9.17, 15) is 0 Å². The Morgan fingerprint density at radius 1 is 0.421 bits per heavy atom. The van der Waals surface area contributed by atoms with Crippen molar-refractivity contribution >= 4 is 15.9 Å². The Morgan fingerprint density at radius 3 is 1.03 bits per heavy atom. The van der Waals surface area contributed by atoms with E-state index in [4.69, 9.17) is 0 Å². The molecule has 0 aliphatic heterocycles. The molecule has 0 aromatic heterocycles. The van der Waals surface area contributed by atoms with Gasteiger partial charge in [-0.05, 0) is 89.6 Å². The third-order valence-corrected chi connectivity index (χ3v) is 9.33. The average molecular weight is 564 g/mol. The van der Waals surface area contributed by atoms with E-state index in [0.717, 1.165) is 4.47 Å². The van der Waals surface area contributed by atoms with E-state index in [2.05, 4.69) is 151 Å². The van der Waals surface area contributed by atoms with Crippen molar-refractivity contribution in [3.05, 3.63) is 116 Å². The molecule has 2 aliphatic carbocycles. The van der Waals surface area contributed by atoms with Crippen LogP contribution in [-0.2, 0) is 21.7 Å². The molecule has 38 heavy (non-hydrogen) atoms. The van der Waals surface area contributed by atoms with Crippen molar-refractivity contribution < 1.29 is 0 Å². The summed E-state index contributed by atoms with van der Waals surface area (Å²) < 4.78 is 1.13. The summed E-state index contributed by atoms with van der Waals surface area (Å²) in [7, 11) is 0. The number of fused-ring (bicyclic) bond motifs is 10. The standard InChI is InChI=1S/C37H39Br/c1-34(2,3)22-10-14-26-27-15-11-23(35(4,5)6)19-31(27)37(30(26)18-22)32-20-24(36(7,8)9)12-16-28(32)29-17-13-25(38)21-33(29)37/h10-21H,1-9H3. The summed E-state index contributed by atoms with van der Waals surface area (Å²) in [4.78, 5) is 0. The molecule has 0 N–H and O–H groups in total. The molecule has 1 heteroatoms. The normalized spacial score (nSPS) is 15.3. The van der Waals surface area contributed by atoms with Crippen molar-refractivity contribution in [1.29, 1.82) is 0 Å². The third-order valence-electron chi connectivity index (χ3n) is 8.83. The largest absolute Gasteiger partial charge is 0.0726 e. The molecule has 2 aliphatic rings. The lowest BCUT2D eigenvalue weighted by Gasteiger charge is -2.33. The van der Waals surface area contributed by atoms with Gasteiger partial charge in [-0.1, -0.05) is 139 Å². The summed E-state index contributed by atoms with van der Waals surface area (Å²) in [5.41, 5.74) is 15.1. The van der Waals surface area contributed by atoms with Crippen LogP contribution in [-0.4, -0.2) is 0 Å². The van der Waals surface area contributed by atoms with Crippen molar-refractivity contribution in [3.63, 3.8) is 0 Å². The quantitative estimate of drug-likeness (QED) is 0.172. The molecular weight excluding hydrogens is 524 g/mol. The van der Waals surface area contributed by atoms with Crippen LogP contribution in [0.25, 0.3) is 22.3 Å². The molecule has 194 valence electrons. The molecule has 0 amide bonds. The number of hydrogen-bond acceptors (Lipinski definition) is 0. The fourth-order valence-electron chi connectivity index (χ4n) is 6.60. The molecule has 0 atom stereocenters. The Morgan fingerprint density at radius 2 is 0.711 bits per heavy atom. The maximum absolute atomic E-state index is 3.86. The van der Waals surface area contributed by atoms with Crippen LogP contribution in [0.4, 0.5) is 0 Å². The van der Waals surface area contributed by atoms with Gasteiger partial charge in [0.15, 0.2) is 0 Å². The minimum atomic E-state index is -0.344. The van der Waals surface area contributed by atoms with Crippen LogP contribution >= 0.6 is 15.9 Å². The molecule has 0 unspecified atom stereocenters. The van der Waals surface area contributed by atoms with Gasteiger partial charge in [0.25, 0.3) is 0 Å². The van der Waals surface area contributed by atoms with Crippen LogP contribution in [0.5, 0.6) is 0 Å². The molecule has 1 spiro atoms. The highest BCUT2D eigenvalue weighted by Gasteiger charge is 2.52. The Hall–Kier alpha value is -2.64. The van der Waals surface area contributed by atoms with Gasteiger partial charge in [0, 0.05) is 4.47 Å². The monoisotopic (exact) mass is 562 g/mol. The van der Waals surface area contributed by atoms with E-state index in [1.807, 2.05) is 0 Å². The van der Waals surface area contributed by atoms with Gasteiger partial charge in [-0.25, -0.2) is 0 Å². The SMILES string of the molecule is CC(C)(C)c1ccc2c(c1)C1(c3cc(Br)ccc3-2)c2cc(C(C)(C)C)ccc2-c2ccc(C(C)(C)C)cc21. The molecule has 0 fully saturated rings. The zero-order valence-corrected chi connectivity index (χ0v) is 25.9. The third kappa shape index (κ3) is 3.54. The highest BCUT2D eigenvalue weighted by atomic mass is 79.9. The molecule has 0 heterocycles. The number of rotatable bonds is 0. The summed E-state index contributed by atoms with van der Waals surface area (Å²) in [5.74, 6) is 0. The van der Waals surface area contributed by atoms with Crippen molar-refractivity contribution in [1.82, 2.24) is 0 Å². The van der Waals surface area contributed by atoms with Crippen LogP contribution in [0.1, 0.15) is 101 Å². The molecule has 0 bridgehead atoms. The minimum Gasteiger partial charge on any atom is -0.0579 e. The summed E-state index contributed by atoms with van der Waals surface area (Å²) in [6.07, 6.45) is 0. The Kier molecular flexibility index (Phi) is 5.36. The summed E-state index contributed by atoms with van der Waals surface area (Å²) in [5, 5.41) is 0. The predicted octanol–water partition coefficient (Wildman–Crippen LogP) is 10.7. The number of hydrogen-bond donors (Lipinski definition) is 0. The van der Waals surface area contributed by atoms with E-state index in [-0.39, 0.29) is 21.7 Å². The maximum atomic E-state index is 3.86. The Bertz CT molecular complexity index is 1510. The number of benzene rings is 4. The average Bonchev–Trinajstić information content (AvgIpc) is 3.27.